The third kappa shape index (κ3) is 6.06. The van der Waals surface area contributed by atoms with E-state index in [0.29, 0.717) is 19.8 Å². The van der Waals surface area contributed by atoms with Crippen LogP contribution in [0.4, 0.5) is 5.69 Å². The fourth-order valence-corrected chi connectivity index (χ4v) is 3.03. The lowest BCUT2D eigenvalue weighted by Gasteiger charge is -2.16. The number of nitrogens with one attached hydrogen (secondary N) is 1. The fourth-order valence-electron chi connectivity index (χ4n) is 1.86. The molecular formula is C14H24NO4P. The summed E-state index contributed by atoms with van der Waals surface area (Å²) < 4.78 is 27.4. The molecule has 0 aromatic heterocycles. The van der Waals surface area contributed by atoms with Crippen LogP contribution in [0.3, 0.4) is 0 Å². The number of hydrogen-bond donors (Lipinski definition) is 1. The molecule has 0 spiro atoms. The molecule has 0 saturated carbocycles. The first-order valence-electron chi connectivity index (χ1n) is 6.85. The number of phosphoric ester groups is 1. The van der Waals surface area contributed by atoms with E-state index in [-0.39, 0.29) is 6.61 Å². The van der Waals surface area contributed by atoms with Gasteiger partial charge in [0, 0.05) is 12.2 Å². The maximum absolute atomic E-state index is 12.0. The summed E-state index contributed by atoms with van der Waals surface area (Å²) in [5.41, 5.74) is 3.42. The second-order valence-corrected chi connectivity index (χ2v) is 6.09. The van der Waals surface area contributed by atoms with E-state index in [0.717, 1.165) is 5.69 Å². The van der Waals surface area contributed by atoms with Crippen molar-refractivity contribution < 1.29 is 18.1 Å². The SMILES string of the molecule is CCOP(=O)(OCC)OCCNc1cc(C)cc(C)c1. The zero-order valence-electron chi connectivity index (χ0n) is 12.6. The van der Waals surface area contributed by atoms with E-state index in [1.807, 2.05) is 13.8 Å². The Morgan fingerprint density at radius 3 is 2.05 bits per heavy atom. The zero-order valence-corrected chi connectivity index (χ0v) is 13.5. The van der Waals surface area contributed by atoms with Crippen LogP contribution in [0, 0.1) is 13.8 Å². The normalized spacial score (nSPS) is 11.6. The van der Waals surface area contributed by atoms with Gasteiger partial charge in [-0.25, -0.2) is 4.57 Å². The summed E-state index contributed by atoms with van der Waals surface area (Å²) in [6.45, 7) is 8.98. The second kappa shape index (κ2) is 8.42. The van der Waals surface area contributed by atoms with E-state index in [9.17, 15) is 4.57 Å². The summed E-state index contributed by atoms with van der Waals surface area (Å²) in [5, 5.41) is 3.23. The minimum atomic E-state index is -3.40. The van der Waals surface area contributed by atoms with Crippen molar-refractivity contribution in [1.82, 2.24) is 0 Å². The highest BCUT2D eigenvalue weighted by atomic mass is 31.2. The van der Waals surface area contributed by atoms with Crippen LogP contribution in [0.5, 0.6) is 0 Å². The number of hydrogen-bond acceptors (Lipinski definition) is 5. The number of aryl methyl sites for hydroxylation is 2. The van der Waals surface area contributed by atoms with Gasteiger partial charge in [-0.2, -0.15) is 0 Å². The maximum Gasteiger partial charge on any atom is 0.474 e. The number of anilines is 1. The lowest BCUT2D eigenvalue weighted by atomic mass is 10.1. The Balaban J connectivity index is 2.41. The van der Waals surface area contributed by atoms with E-state index in [4.69, 9.17) is 13.6 Å². The molecule has 0 saturated heterocycles. The lowest BCUT2D eigenvalue weighted by Crippen LogP contribution is -2.10. The molecule has 1 N–H and O–H groups in total. The van der Waals surface area contributed by atoms with Crippen molar-refractivity contribution in [3.05, 3.63) is 29.3 Å². The summed E-state index contributed by atoms with van der Waals surface area (Å²) in [6, 6.07) is 6.22. The quantitative estimate of drug-likeness (QED) is 0.553. The van der Waals surface area contributed by atoms with Crippen LogP contribution in [0.1, 0.15) is 25.0 Å². The van der Waals surface area contributed by atoms with Crippen LogP contribution in [-0.2, 0) is 18.1 Å². The van der Waals surface area contributed by atoms with Crippen LogP contribution in [0.15, 0.2) is 18.2 Å². The summed E-state index contributed by atoms with van der Waals surface area (Å²) in [6.07, 6.45) is 0. The smallest absolute Gasteiger partial charge is 0.383 e. The van der Waals surface area contributed by atoms with Crippen LogP contribution in [0.25, 0.3) is 0 Å². The molecule has 1 aromatic carbocycles. The fraction of sp³-hybridized carbons (Fsp3) is 0.571. The third-order valence-corrected chi connectivity index (χ3v) is 4.12. The monoisotopic (exact) mass is 301 g/mol. The Labute approximate surface area is 121 Å². The first-order chi connectivity index (χ1) is 9.49. The van der Waals surface area contributed by atoms with Crippen LogP contribution in [-0.4, -0.2) is 26.4 Å². The molecule has 0 aliphatic rings. The van der Waals surface area contributed by atoms with Crippen molar-refractivity contribution in [2.75, 3.05) is 31.7 Å². The predicted octanol–water partition coefficient (Wildman–Crippen LogP) is 3.91. The standard InChI is InChI=1S/C14H24NO4P/c1-5-17-20(16,18-6-2)19-8-7-15-14-10-12(3)9-13(4)11-14/h9-11,15H,5-8H2,1-4H3. The van der Waals surface area contributed by atoms with Gasteiger partial charge in [-0.3, -0.25) is 13.6 Å². The number of rotatable bonds is 9. The Morgan fingerprint density at radius 2 is 1.55 bits per heavy atom. The van der Waals surface area contributed by atoms with Gasteiger partial charge < -0.3 is 5.32 Å². The molecule has 0 aliphatic carbocycles. The maximum atomic E-state index is 12.0. The molecule has 6 heteroatoms. The Hall–Kier alpha value is -0.870. The minimum absolute atomic E-state index is 0.254. The molecule has 1 aromatic rings. The molecule has 0 atom stereocenters. The number of benzene rings is 1. The average molecular weight is 301 g/mol. The molecule has 114 valence electrons. The highest BCUT2D eigenvalue weighted by Gasteiger charge is 2.24. The van der Waals surface area contributed by atoms with Gasteiger partial charge in [0.2, 0.25) is 0 Å². The minimum Gasteiger partial charge on any atom is -0.383 e. The topological polar surface area (TPSA) is 56.8 Å². The first-order valence-corrected chi connectivity index (χ1v) is 8.31. The number of phosphoric acid groups is 1. The zero-order chi connectivity index (χ0) is 15.0. The largest absolute Gasteiger partial charge is 0.474 e. The second-order valence-electron chi connectivity index (χ2n) is 4.42. The van der Waals surface area contributed by atoms with Crippen LogP contribution in [0.2, 0.25) is 0 Å². The first kappa shape index (κ1) is 17.2. The third-order valence-electron chi connectivity index (χ3n) is 2.48. The highest BCUT2D eigenvalue weighted by Crippen LogP contribution is 2.48. The molecule has 0 heterocycles. The van der Waals surface area contributed by atoms with Crippen LogP contribution < -0.4 is 5.32 Å². The van der Waals surface area contributed by atoms with Gasteiger partial charge in [-0.05, 0) is 51.0 Å². The van der Waals surface area contributed by atoms with Gasteiger partial charge in [-0.15, -0.1) is 0 Å². The average Bonchev–Trinajstić information content (AvgIpc) is 2.34. The summed E-state index contributed by atoms with van der Waals surface area (Å²) in [7, 11) is -3.40. The van der Waals surface area contributed by atoms with Crippen molar-refractivity contribution in [2.24, 2.45) is 0 Å². The van der Waals surface area contributed by atoms with E-state index >= 15 is 0 Å². The van der Waals surface area contributed by atoms with Gasteiger partial charge in [0.15, 0.2) is 0 Å². The summed E-state index contributed by atoms with van der Waals surface area (Å²) in [4.78, 5) is 0. The van der Waals surface area contributed by atoms with E-state index in [1.54, 1.807) is 13.8 Å². The lowest BCUT2D eigenvalue weighted by molar-refractivity contribution is 0.125. The molecule has 0 amide bonds. The van der Waals surface area contributed by atoms with E-state index in [2.05, 4.69) is 23.5 Å². The van der Waals surface area contributed by atoms with Gasteiger partial charge in [0.1, 0.15) is 0 Å². The molecule has 0 aliphatic heterocycles. The Morgan fingerprint density at radius 1 is 1.00 bits per heavy atom. The molecule has 5 nitrogen and oxygen atoms in total. The van der Waals surface area contributed by atoms with Crippen molar-refractivity contribution in [2.45, 2.75) is 27.7 Å². The van der Waals surface area contributed by atoms with Gasteiger partial charge >= 0.3 is 7.82 Å². The van der Waals surface area contributed by atoms with Gasteiger partial charge in [-0.1, -0.05) is 6.07 Å². The Bertz CT molecular complexity index is 434. The van der Waals surface area contributed by atoms with Crippen molar-refractivity contribution in [1.29, 1.82) is 0 Å². The van der Waals surface area contributed by atoms with Gasteiger partial charge in [0.05, 0.1) is 19.8 Å². The molecule has 0 bridgehead atoms. The van der Waals surface area contributed by atoms with Crippen molar-refractivity contribution in [3.8, 4) is 0 Å². The molecule has 20 heavy (non-hydrogen) atoms. The highest BCUT2D eigenvalue weighted by molar-refractivity contribution is 7.48. The Kier molecular flexibility index (Phi) is 7.24. The molecule has 1 rings (SSSR count). The predicted molar refractivity (Wildman–Crippen MR) is 81.2 cm³/mol. The summed E-state index contributed by atoms with van der Waals surface area (Å²) in [5.74, 6) is 0. The van der Waals surface area contributed by atoms with E-state index in [1.165, 1.54) is 11.1 Å². The van der Waals surface area contributed by atoms with Crippen LogP contribution >= 0.6 is 7.82 Å². The molecule has 0 radical (unpaired) electrons. The van der Waals surface area contributed by atoms with E-state index < -0.39 is 7.82 Å². The van der Waals surface area contributed by atoms with Crippen molar-refractivity contribution >= 4 is 13.5 Å². The summed E-state index contributed by atoms with van der Waals surface area (Å²) >= 11 is 0. The molecule has 0 unspecified atom stereocenters. The van der Waals surface area contributed by atoms with Crippen molar-refractivity contribution in [3.63, 3.8) is 0 Å². The van der Waals surface area contributed by atoms with Gasteiger partial charge in [0.25, 0.3) is 0 Å². The molecular weight excluding hydrogens is 277 g/mol. The molecule has 0 fully saturated rings.